The molecule has 4 nitrogen and oxygen atoms in total. The molecule has 1 unspecified atom stereocenters. The number of aromatic hydroxyl groups is 1. The maximum absolute atomic E-state index is 13.3. The Morgan fingerprint density at radius 2 is 2.05 bits per heavy atom. The van der Waals surface area contributed by atoms with E-state index < -0.39 is 5.82 Å². The lowest BCUT2D eigenvalue weighted by atomic mass is 10.2. The van der Waals surface area contributed by atoms with Crippen LogP contribution < -0.4 is 0 Å². The van der Waals surface area contributed by atoms with Crippen LogP contribution in [0.5, 0.6) is 5.75 Å². The van der Waals surface area contributed by atoms with Crippen molar-refractivity contribution in [3.8, 4) is 5.75 Å². The molecule has 0 bridgehead atoms. The maximum atomic E-state index is 13.3. The summed E-state index contributed by atoms with van der Waals surface area (Å²) in [6.07, 6.45) is 1.17. The summed E-state index contributed by atoms with van der Waals surface area (Å²) in [6.45, 7) is 6.53. The van der Waals surface area contributed by atoms with Crippen molar-refractivity contribution in [3.63, 3.8) is 0 Å². The van der Waals surface area contributed by atoms with E-state index in [0.717, 1.165) is 51.5 Å². The molecule has 2 aliphatic heterocycles. The normalized spacial score (nSPS) is 25.1. The SMILES string of the molecule is Oc1ccc(CN2CCC(N3CCOCC3)C2)cc1F. The van der Waals surface area contributed by atoms with Gasteiger partial charge in [-0.2, -0.15) is 0 Å². The molecule has 2 heterocycles. The third-order valence-electron chi connectivity index (χ3n) is 4.23. The Kier molecular flexibility index (Phi) is 4.19. The number of halogens is 1. The average molecular weight is 280 g/mol. The van der Waals surface area contributed by atoms with Crippen molar-refractivity contribution < 1.29 is 14.2 Å². The van der Waals surface area contributed by atoms with Gasteiger partial charge in [0.05, 0.1) is 13.2 Å². The minimum atomic E-state index is -0.536. The smallest absolute Gasteiger partial charge is 0.165 e. The Labute approximate surface area is 118 Å². The van der Waals surface area contributed by atoms with E-state index in [1.165, 1.54) is 18.6 Å². The van der Waals surface area contributed by atoms with Crippen molar-refractivity contribution >= 4 is 0 Å². The van der Waals surface area contributed by atoms with Crippen molar-refractivity contribution in [3.05, 3.63) is 29.6 Å². The molecule has 0 spiro atoms. The first-order valence-corrected chi connectivity index (χ1v) is 7.24. The van der Waals surface area contributed by atoms with Crippen LogP contribution in [-0.4, -0.2) is 60.3 Å². The summed E-state index contributed by atoms with van der Waals surface area (Å²) in [5.41, 5.74) is 0.919. The molecule has 1 aromatic carbocycles. The van der Waals surface area contributed by atoms with Crippen LogP contribution in [0.4, 0.5) is 4.39 Å². The summed E-state index contributed by atoms with van der Waals surface area (Å²) in [5.74, 6) is -0.812. The zero-order chi connectivity index (χ0) is 13.9. The Morgan fingerprint density at radius 3 is 2.80 bits per heavy atom. The molecule has 0 radical (unpaired) electrons. The molecule has 1 aromatic rings. The number of likely N-dealkylation sites (tertiary alicyclic amines) is 1. The van der Waals surface area contributed by atoms with Gasteiger partial charge in [0.1, 0.15) is 0 Å². The Hall–Kier alpha value is -1.17. The van der Waals surface area contributed by atoms with Crippen molar-refractivity contribution in [1.82, 2.24) is 9.80 Å². The van der Waals surface area contributed by atoms with Gasteiger partial charge in [-0.25, -0.2) is 4.39 Å². The van der Waals surface area contributed by atoms with Crippen LogP contribution in [-0.2, 0) is 11.3 Å². The van der Waals surface area contributed by atoms with Gasteiger partial charge in [0.2, 0.25) is 0 Å². The van der Waals surface area contributed by atoms with Gasteiger partial charge in [0.15, 0.2) is 11.6 Å². The van der Waals surface area contributed by atoms with Gasteiger partial charge in [-0.15, -0.1) is 0 Å². The van der Waals surface area contributed by atoms with E-state index in [9.17, 15) is 9.50 Å². The second-order valence-electron chi connectivity index (χ2n) is 5.61. The zero-order valence-electron chi connectivity index (χ0n) is 11.6. The van der Waals surface area contributed by atoms with E-state index in [1.807, 2.05) is 0 Å². The van der Waals surface area contributed by atoms with Gasteiger partial charge in [0.25, 0.3) is 0 Å². The van der Waals surface area contributed by atoms with E-state index in [2.05, 4.69) is 9.80 Å². The zero-order valence-corrected chi connectivity index (χ0v) is 11.6. The summed E-state index contributed by atoms with van der Waals surface area (Å²) in [6, 6.07) is 5.25. The van der Waals surface area contributed by atoms with Crippen LogP contribution in [0, 0.1) is 5.82 Å². The molecule has 2 fully saturated rings. The van der Waals surface area contributed by atoms with Gasteiger partial charge in [-0.05, 0) is 24.1 Å². The van der Waals surface area contributed by atoms with E-state index in [4.69, 9.17) is 4.74 Å². The summed E-state index contributed by atoms with van der Waals surface area (Å²) < 4.78 is 18.7. The Balaban J connectivity index is 1.55. The lowest BCUT2D eigenvalue weighted by Crippen LogP contribution is -2.44. The lowest BCUT2D eigenvalue weighted by molar-refractivity contribution is 0.0184. The quantitative estimate of drug-likeness (QED) is 0.909. The molecule has 0 amide bonds. The molecule has 0 aliphatic carbocycles. The first kappa shape index (κ1) is 13.8. The molecule has 1 N–H and O–H groups in total. The molecule has 20 heavy (non-hydrogen) atoms. The van der Waals surface area contributed by atoms with Crippen LogP contribution >= 0.6 is 0 Å². The summed E-state index contributed by atoms with van der Waals surface area (Å²) >= 11 is 0. The Morgan fingerprint density at radius 1 is 1.25 bits per heavy atom. The molecule has 110 valence electrons. The highest BCUT2D eigenvalue weighted by Gasteiger charge is 2.28. The van der Waals surface area contributed by atoms with E-state index >= 15 is 0 Å². The number of nitrogens with zero attached hydrogens (tertiary/aromatic N) is 2. The van der Waals surface area contributed by atoms with Crippen molar-refractivity contribution in [2.45, 2.75) is 19.0 Å². The van der Waals surface area contributed by atoms with Crippen molar-refractivity contribution in [2.75, 3.05) is 39.4 Å². The van der Waals surface area contributed by atoms with Crippen LogP contribution in [0.25, 0.3) is 0 Å². The number of benzene rings is 1. The fourth-order valence-electron chi connectivity index (χ4n) is 3.10. The second kappa shape index (κ2) is 6.08. The highest BCUT2D eigenvalue weighted by molar-refractivity contribution is 5.28. The highest BCUT2D eigenvalue weighted by atomic mass is 19.1. The monoisotopic (exact) mass is 280 g/mol. The average Bonchev–Trinajstić information content (AvgIpc) is 2.92. The third-order valence-corrected chi connectivity index (χ3v) is 4.23. The van der Waals surface area contributed by atoms with Gasteiger partial charge in [0, 0.05) is 38.8 Å². The van der Waals surface area contributed by atoms with Gasteiger partial charge in [-0.1, -0.05) is 6.07 Å². The fraction of sp³-hybridized carbons (Fsp3) is 0.600. The topological polar surface area (TPSA) is 35.9 Å². The van der Waals surface area contributed by atoms with E-state index in [0.29, 0.717) is 6.04 Å². The number of rotatable bonds is 3. The van der Waals surface area contributed by atoms with Crippen LogP contribution in [0.3, 0.4) is 0 Å². The first-order chi connectivity index (χ1) is 9.72. The molecule has 1 atom stereocenters. The lowest BCUT2D eigenvalue weighted by Gasteiger charge is -2.32. The van der Waals surface area contributed by atoms with Gasteiger partial charge in [-0.3, -0.25) is 9.80 Å². The number of hydrogen-bond acceptors (Lipinski definition) is 4. The van der Waals surface area contributed by atoms with Crippen LogP contribution in [0.15, 0.2) is 18.2 Å². The molecule has 5 heteroatoms. The van der Waals surface area contributed by atoms with Crippen LogP contribution in [0.1, 0.15) is 12.0 Å². The predicted octanol–water partition coefficient (Wildman–Crippen LogP) is 1.44. The molecule has 2 saturated heterocycles. The number of phenolic OH excluding ortho intramolecular Hbond substituents is 1. The standard InChI is InChI=1S/C15H21FN2O2/c16-14-9-12(1-2-15(14)19)10-17-4-3-13(11-17)18-5-7-20-8-6-18/h1-2,9,13,19H,3-8,10-11H2. The molecule has 0 saturated carbocycles. The van der Waals surface area contributed by atoms with Crippen LogP contribution in [0.2, 0.25) is 0 Å². The summed E-state index contributed by atoms with van der Waals surface area (Å²) in [4.78, 5) is 4.85. The van der Waals surface area contributed by atoms with E-state index in [1.54, 1.807) is 6.07 Å². The fourth-order valence-corrected chi connectivity index (χ4v) is 3.10. The molecule has 2 aliphatic rings. The number of morpholine rings is 1. The largest absolute Gasteiger partial charge is 0.505 e. The van der Waals surface area contributed by atoms with E-state index in [-0.39, 0.29) is 5.75 Å². The number of ether oxygens (including phenoxy) is 1. The molecular formula is C15H21FN2O2. The van der Waals surface area contributed by atoms with Gasteiger partial charge < -0.3 is 9.84 Å². The predicted molar refractivity (Wildman–Crippen MR) is 74.1 cm³/mol. The summed E-state index contributed by atoms with van der Waals surface area (Å²) in [7, 11) is 0. The second-order valence-corrected chi connectivity index (χ2v) is 5.61. The molecular weight excluding hydrogens is 259 g/mol. The minimum Gasteiger partial charge on any atom is -0.505 e. The number of hydrogen-bond donors (Lipinski definition) is 1. The molecule has 3 rings (SSSR count). The van der Waals surface area contributed by atoms with Gasteiger partial charge >= 0.3 is 0 Å². The maximum Gasteiger partial charge on any atom is 0.165 e. The van der Waals surface area contributed by atoms with Crippen molar-refractivity contribution in [2.24, 2.45) is 0 Å². The number of phenols is 1. The molecule has 0 aromatic heterocycles. The highest BCUT2D eigenvalue weighted by Crippen LogP contribution is 2.21. The first-order valence-electron chi connectivity index (χ1n) is 7.24. The third kappa shape index (κ3) is 3.11. The Bertz CT molecular complexity index is 463. The summed E-state index contributed by atoms with van der Waals surface area (Å²) in [5, 5.41) is 9.21. The minimum absolute atomic E-state index is 0.277. The van der Waals surface area contributed by atoms with Crippen molar-refractivity contribution in [1.29, 1.82) is 0 Å².